The molecule has 0 radical (unpaired) electrons. The Labute approximate surface area is 175 Å². The van der Waals surface area contributed by atoms with E-state index < -0.39 is 5.63 Å². The van der Waals surface area contributed by atoms with Gasteiger partial charge in [-0.25, -0.2) is 4.79 Å². The van der Waals surface area contributed by atoms with Crippen molar-refractivity contribution < 1.29 is 13.9 Å². The molecule has 0 fully saturated rings. The lowest BCUT2D eigenvalue weighted by Gasteiger charge is -2.13. The fourth-order valence-electron chi connectivity index (χ4n) is 3.16. The monoisotopic (exact) mass is 406 g/mol. The van der Waals surface area contributed by atoms with Gasteiger partial charge in [0.1, 0.15) is 17.9 Å². The van der Waals surface area contributed by atoms with E-state index in [9.17, 15) is 9.59 Å². The van der Waals surface area contributed by atoms with E-state index in [1.807, 2.05) is 58.0 Å². The Balaban J connectivity index is 1.81. The maximum Gasteiger partial charge on any atom is 0.340 e. The Kier molecular flexibility index (Phi) is 6.67. The highest BCUT2D eigenvalue weighted by Crippen LogP contribution is 2.29. The summed E-state index contributed by atoms with van der Waals surface area (Å²) >= 11 is 0. The summed E-state index contributed by atoms with van der Waals surface area (Å²) in [4.78, 5) is 29.0. The molecule has 2 aromatic heterocycles. The minimum absolute atomic E-state index is 0.0394. The van der Waals surface area contributed by atoms with Crippen LogP contribution >= 0.6 is 0 Å². The van der Waals surface area contributed by atoms with Gasteiger partial charge in [0.15, 0.2) is 0 Å². The van der Waals surface area contributed by atoms with Crippen LogP contribution in [0.15, 0.2) is 57.5 Å². The molecule has 1 aromatic carbocycles. The van der Waals surface area contributed by atoms with Crippen molar-refractivity contribution in [1.82, 2.24) is 10.3 Å². The molecule has 0 spiro atoms. The summed E-state index contributed by atoms with van der Waals surface area (Å²) in [6, 6.07) is 7.43. The number of fused-ring (bicyclic) bond motifs is 1. The van der Waals surface area contributed by atoms with Crippen molar-refractivity contribution >= 4 is 16.9 Å². The molecule has 6 heteroatoms. The second kappa shape index (κ2) is 9.39. The third-order valence-corrected chi connectivity index (χ3v) is 4.93. The minimum Gasteiger partial charge on any atom is -0.489 e. The number of aryl methyl sites for hydroxylation is 2. The Morgan fingerprint density at radius 1 is 1.20 bits per heavy atom. The van der Waals surface area contributed by atoms with Crippen LogP contribution in [0, 0.1) is 13.8 Å². The fourth-order valence-corrected chi connectivity index (χ4v) is 3.16. The minimum atomic E-state index is -0.499. The summed E-state index contributed by atoms with van der Waals surface area (Å²) in [6.45, 7) is 8.53. The molecule has 6 nitrogen and oxygen atoms in total. The first-order chi connectivity index (χ1) is 14.4. The number of ether oxygens (including phenoxy) is 1. The number of rotatable bonds is 7. The molecule has 0 aliphatic carbocycles. The van der Waals surface area contributed by atoms with Gasteiger partial charge in [0.2, 0.25) is 5.91 Å². The first-order valence-corrected chi connectivity index (χ1v) is 9.84. The molecule has 0 aliphatic rings. The number of pyridine rings is 1. The standard InChI is InChI=1S/C24H26N2O4/c1-15(2)9-11-29-21-8-7-19-16(3)20(24(28)30-23(19)17(21)4)12-22(27)26-14-18-6-5-10-25-13-18/h5-10,13H,11-12,14H2,1-4H3,(H,26,27). The van der Waals surface area contributed by atoms with Crippen LogP contribution < -0.4 is 15.7 Å². The second-order valence-corrected chi connectivity index (χ2v) is 7.47. The second-order valence-electron chi connectivity index (χ2n) is 7.47. The highest BCUT2D eigenvalue weighted by atomic mass is 16.5. The molecule has 3 rings (SSSR count). The molecular weight excluding hydrogens is 380 g/mol. The lowest BCUT2D eigenvalue weighted by molar-refractivity contribution is -0.120. The van der Waals surface area contributed by atoms with Crippen LogP contribution in [-0.4, -0.2) is 17.5 Å². The topological polar surface area (TPSA) is 81.4 Å². The van der Waals surface area contributed by atoms with Crippen molar-refractivity contribution in [3.63, 3.8) is 0 Å². The predicted octanol–water partition coefficient (Wildman–Crippen LogP) is 4.01. The van der Waals surface area contributed by atoms with Crippen molar-refractivity contribution in [3.05, 3.63) is 81.0 Å². The number of amides is 1. The lowest BCUT2D eigenvalue weighted by atomic mass is 10.0. The summed E-state index contributed by atoms with van der Waals surface area (Å²) in [5.74, 6) is 0.427. The van der Waals surface area contributed by atoms with Crippen LogP contribution in [0.5, 0.6) is 5.75 Å². The summed E-state index contributed by atoms with van der Waals surface area (Å²) < 4.78 is 11.4. The highest BCUT2D eigenvalue weighted by molar-refractivity contribution is 5.87. The van der Waals surface area contributed by atoms with E-state index >= 15 is 0 Å². The normalized spacial score (nSPS) is 10.7. The van der Waals surface area contributed by atoms with Crippen molar-refractivity contribution in [2.24, 2.45) is 0 Å². The zero-order valence-electron chi connectivity index (χ0n) is 17.7. The van der Waals surface area contributed by atoms with Gasteiger partial charge in [-0.3, -0.25) is 9.78 Å². The number of nitrogens with one attached hydrogen (secondary N) is 1. The lowest BCUT2D eigenvalue weighted by Crippen LogP contribution is -2.27. The van der Waals surface area contributed by atoms with Gasteiger partial charge in [0.05, 0.1) is 12.0 Å². The molecule has 0 unspecified atom stereocenters. The molecule has 1 amide bonds. The van der Waals surface area contributed by atoms with Gasteiger partial charge in [-0.2, -0.15) is 0 Å². The van der Waals surface area contributed by atoms with Crippen LogP contribution in [0.25, 0.3) is 11.0 Å². The number of nitrogens with zero attached hydrogens (tertiary/aromatic N) is 1. The Bertz CT molecular complexity index is 1140. The number of carbonyl (C=O) groups is 1. The molecular formula is C24H26N2O4. The molecule has 30 heavy (non-hydrogen) atoms. The van der Waals surface area contributed by atoms with Crippen molar-refractivity contribution in [2.45, 2.75) is 40.7 Å². The number of hydrogen-bond donors (Lipinski definition) is 1. The predicted molar refractivity (Wildman–Crippen MR) is 117 cm³/mol. The molecule has 156 valence electrons. The van der Waals surface area contributed by atoms with Gasteiger partial charge in [-0.1, -0.05) is 11.6 Å². The molecule has 0 aliphatic heterocycles. The van der Waals surface area contributed by atoms with E-state index in [-0.39, 0.29) is 12.3 Å². The summed E-state index contributed by atoms with van der Waals surface area (Å²) in [5.41, 5.74) is 3.93. The third-order valence-electron chi connectivity index (χ3n) is 4.93. The van der Waals surface area contributed by atoms with Gasteiger partial charge in [-0.15, -0.1) is 0 Å². The average molecular weight is 406 g/mol. The average Bonchev–Trinajstić information content (AvgIpc) is 2.72. The summed E-state index contributed by atoms with van der Waals surface area (Å²) in [7, 11) is 0. The highest BCUT2D eigenvalue weighted by Gasteiger charge is 2.17. The van der Waals surface area contributed by atoms with Gasteiger partial charge in [0, 0.05) is 29.9 Å². The maximum atomic E-state index is 12.6. The Hall–Kier alpha value is -3.41. The van der Waals surface area contributed by atoms with Crippen LogP contribution in [0.2, 0.25) is 0 Å². The van der Waals surface area contributed by atoms with E-state index in [1.54, 1.807) is 12.4 Å². The number of hydrogen-bond acceptors (Lipinski definition) is 5. The molecule has 0 bridgehead atoms. The van der Waals surface area contributed by atoms with Gasteiger partial charge in [-0.05, 0) is 63.1 Å². The van der Waals surface area contributed by atoms with Gasteiger partial charge in [0.25, 0.3) is 0 Å². The van der Waals surface area contributed by atoms with Crippen molar-refractivity contribution in [3.8, 4) is 5.75 Å². The number of benzene rings is 1. The molecule has 3 aromatic rings. The van der Waals surface area contributed by atoms with Gasteiger partial charge >= 0.3 is 5.63 Å². The Morgan fingerprint density at radius 3 is 2.70 bits per heavy atom. The molecule has 1 N–H and O–H groups in total. The summed E-state index contributed by atoms with van der Waals surface area (Å²) in [5, 5.41) is 3.62. The first kappa shape index (κ1) is 21.3. The maximum absolute atomic E-state index is 12.6. The van der Waals surface area contributed by atoms with Crippen molar-refractivity contribution in [1.29, 1.82) is 0 Å². The largest absolute Gasteiger partial charge is 0.489 e. The van der Waals surface area contributed by atoms with E-state index in [1.165, 1.54) is 5.57 Å². The van der Waals surface area contributed by atoms with Crippen LogP contribution in [0.1, 0.15) is 36.1 Å². The summed E-state index contributed by atoms with van der Waals surface area (Å²) in [6.07, 6.45) is 5.31. The number of allylic oxidation sites excluding steroid dienone is 1. The number of aromatic nitrogens is 1. The zero-order valence-corrected chi connectivity index (χ0v) is 17.7. The Morgan fingerprint density at radius 2 is 2.00 bits per heavy atom. The van der Waals surface area contributed by atoms with Gasteiger partial charge < -0.3 is 14.5 Å². The van der Waals surface area contributed by atoms with E-state index in [0.717, 1.165) is 22.1 Å². The molecule has 0 saturated carbocycles. The quantitative estimate of drug-likeness (QED) is 0.474. The van der Waals surface area contributed by atoms with Crippen LogP contribution in [0.3, 0.4) is 0 Å². The number of carbonyl (C=O) groups excluding carboxylic acids is 1. The molecule has 0 saturated heterocycles. The molecule has 2 heterocycles. The van der Waals surface area contributed by atoms with E-state index in [2.05, 4.69) is 10.3 Å². The zero-order chi connectivity index (χ0) is 21.7. The van der Waals surface area contributed by atoms with Crippen LogP contribution in [0.4, 0.5) is 0 Å². The van der Waals surface area contributed by atoms with E-state index in [0.29, 0.717) is 30.0 Å². The fraction of sp³-hybridized carbons (Fsp3) is 0.292. The van der Waals surface area contributed by atoms with E-state index in [4.69, 9.17) is 9.15 Å². The third kappa shape index (κ3) is 4.95. The SMILES string of the molecule is CC(C)=CCOc1ccc2c(C)c(CC(=O)NCc3cccnc3)c(=O)oc2c1C. The molecule has 0 atom stereocenters. The van der Waals surface area contributed by atoms with Crippen LogP contribution in [-0.2, 0) is 17.8 Å². The smallest absolute Gasteiger partial charge is 0.340 e. The first-order valence-electron chi connectivity index (χ1n) is 9.84. The van der Waals surface area contributed by atoms with Crippen molar-refractivity contribution in [2.75, 3.05) is 6.61 Å².